The van der Waals surface area contributed by atoms with Crippen molar-refractivity contribution in [3.8, 4) is 0 Å². The summed E-state index contributed by atoms with van der Waals surface area (Å²) in [6, 6.07) is 7.28. The lowest BCUT2D eigenvalue weighted by molar-refractivity contribution is 0.0693. The van der Waals surface area contributed by atoms with E-state index in [1.54, 1.807) is 17.0 Å². The summed E-state index contributed by atoms with van der Waals surface area (Å²) in [5, 5.41) is 0. The summed E-state index contributed by atoms with van der Waals surface area (Å²) in [6.07, 6.45) is 3.14. The van der Waals surface area contributed by atoms with Crippen molar-refractivity contribution in [1.82, 2.24) is 4.90 Å². The number of carbonyl (C=O) groups is 1. The van der Waals surface area contributed by atoms with Crippen molar-refractivity contribution < 1.29 is 13.2 Å². The number of nitrogens with zero attached hydrogens (tertiary/aromatic N) is 1. The van der Waals surface area contributed by atoms with Gasteiger partial charge in [0.25, 0.3) is 5.91 Å². The van der Waals surface area contributed by atoms with Crippen molar-refractivity contribution in [3.63, 3.8) is 0 Å². The van der Waals surface area contributed by atoms with Gasteiger partial charge in [-0.3, -0.25) is 4.79 Å². The van der Waals surface area contributed by atoms with Crippen molar-refractivity contribution in [1.29, 1.82) is 0 Å². The number of hydrogen-bond acceptors (Lipinski definition) is 3. The van der Waals surface area contributed by atoms with Crippen molar-refractivity contribution >= 4 is 38.3 Å². The first-order chi connectivity index (χ1) is 9.28. The van der Waals surface area contributed by atoms with Gasteiger partial charge >= 0.3 is 0 Å². The van der Waals surface area contributed by atoms with Crippen LogP contribution < -0.4 is 0 Å². The summed E-state index contributed by atoms with van der Waals surface area (Å²) in [5.41, 5.74) is 0.623. The molecule has 4 nitrogen and oxygen atoms in total. The van der Waals surface area contributed by atoms with E-state index in [1.807, 2.05) is 19.1 Å². The summed E-state index contributed by atoms with van der Waals surface area (Å²) in [5.74, 6) is -0.0559. The number of rotatable bonds is 5. The Bertz CT molecular complexity index is 593. The Labute approximate surface area is 133 Å². The van der Waals surface area contributed by atoms with Crippen LogP contribution in [0.25, 0.3) is 0 Å². The average molecular weight is 407 g/mol. The van der Waals surface area contributed by atoms with Crippen molar-refractivity contribution in [2.75, 3.05) is 12.0 Å². The SMILES string of the molecule is CC(CS(C)(=O)=O)N(C(=O)c1ccc(I)cc1)C1CC1. The summed E-state index contributed by atoms with van der Waals surface area (Å²) in [7, 11) is -3.09. The van der Waals surface area contributed by atoms with Gasteiger partial charge in [-0.1, -0.05) is 0 Å². The van der Waals surface area contributed by atoms with Crippen LogP contribution in [0.1, 0.15) is 30.1 Å². The number of halogens is 1. The Hall–Kier alpha value is -0.630. The van der Waals surface area contributed by atoms with E-state index >= 15 is 0 Å². The number of hydrogen-bond donors (Lipinski definition) is 0. The van der Waals surface area contributed by atoms with Gasteiger partial charge in [-0.25, -0.2) is 8.42 Å². The number of carbonyl (C=O) groups excluding carboxylic acids is 1. The topological polar surface area (TPSA) is 54.5 Å². The van der Waals surface area contributed by atoms with Crippen LogP contribution >= 0.6 is 22.6 Å². The van der Waals surface area contributed by atoms with Crippen LogP contribution in [0, 0.1) is 3.57 Å². The van der Waals surface area contributed by atoms with Gasteiger partial charge in [-0.15, -0.1) is 0 Å². The maximum absolute atomic E-state index is 12.6. The Morgan fingerprint density at radius 2 is 1.90 bits per heavy atom. The lowest BCUT2D eigenvalue weighted by Crippen LogP contribution is -2.43. The number of amides is 1. The van der Waals surface area contributed by atoms with Crippen LogP contribution in [-0.2, 0) is 9.84 Å². The van der Waals surface area contributed by atoms with E-state index in [0.717, 1.165) is 16.4 Å². The van der Waals surface area contributed by atoms with Gasteiger partial charge in [-0.05, 0) is 66.6 Å². The zero-order valence-corrected chi connectivity index (χ0v) is 14.5. The van der Waals surface area contributed by atoms with E-state index in [9.17, 15) is 13.2 Å². The summed E-state index contributed by atoms with van der Waals surface area (Å²) in [6.45, 7) is 1.81. The lowest BCUT2D eigenvalue weighted by Gasteiger charge is -2.29. The molecule has 0 saturated heterocycles. The van der Waals surface area contributed by atoms with Crippen LogP contribution in [-0.4, -0.2) is 43.3 Å². The molecule has 0 heterocycles. The van der Waals surface area contributed by atoms with E-state index in [4.69, 9.17) is 0 Å². The quantitative estimate of drug-likeness (QED) is 0.705. The predicted octanol–water partition coefficient (Wildman–Crippen LogP) is 2.33. The third-order valence-electron chi connectivity index (χ3n) is 3.28. The van der Waals surface area contributed by atoms with E-state index in [0.29, 0.717) is 5.56 Å². The highest BCUT2D eigenvalue weighted by molar-refractivity contribution is 14.1. The molecule has 6 heteroatoms. The normalized spacial score (nSPS) is 16.8. The highest BCUT2D eigenvalue weighted by Crippen LogP contribution is 2.30. The maximum atomic E-state index is 12.6. The van der Waals surface area contributed by atoms with Gasteiger partial charge in [-0.2, -0.15) is 0 Å². The molecular weight excluding hydrogens is 389 g/mol. The molecule has 0 aliphatic heterocycles. The molecule has 1 atom stereocenters. The van der Waals surface area contributed by atoms with E-state index < -0.39 is 9.84 Å². The molecule has 0 N–H and O–H groups in total. The molecule has 20 heavy (non-hydrogen) atoms. The molecule has 1 unspecified atom stereocenters. The van der Waals surface area contributed by atoms with Gasteiger partial charge < -0.3 is 4.90 Å². The Morgan fingerprint density at radius 1 is 1.35 bits per heavy atom. The van der Waals surface area contributed by atoms with Gasteiger partial charge in [0.15, 0.2) is 0 Å². The fourth-order valence-electron chi connectivity index (χ4n) is 2.34. The minimum atomic E-state index is -3.09. The molecule has 0 spiro atoms. The summed E-state index contributed by atoms with van der Waals surface area (Å²) >= 11 is 2.19. The van der Waals surface area contributed by atoms with Gasteiger partial charge in [0.2, 0.25) is 0 Å². The smallest absolute Gasteiger partial charge is 0.254 e. The molecule has 0 aromatic heterocycles. The van der Waals surface area contributed by atoms with Crippen LogP contribution in [0.2, 0.25) is 0 Å². The molecule has 1 saturated carbocycles. The Kier molecular flexibility index (Phi) is 4.73. The van der Waals surface area contributed by atoms with Crippen molar-refractivity contribution in [3.05, 3.63) is 33.4 Å². The van der Waals surface area contributed by atoms with Crippen LogP contribution in [0.5, 0.6) is 0 Å². The predicted molar refractivity (Wildman–Crippen MR) is 87.5 cm³/mol. The number of benzene rings is 1. The summed E-state index contributed by atoms with van der Waals surface area (Å²) in [4.78, 5) is 14.3. The van der Waals surface area contributed by atoms with Crippen LogP contribution in [0.15, 0.2) is 24.3 Å². The highest BCUT2D eigenvalue weighted by Gasteiger charge is 2.37. The van der Waals surface area contributed by atoms with E-state index in [2.05, 4.69) is 22.6 Å². The lowest BCUT2D eigenvalue weighted by atomic mass is 10.1. The molecule has 0 radical (unpaired) electrons. The van der Waals surface area contributed by atoms with Crippen molar-refractivity contribution in [2.24, 2.45) is 0 Å². The standard InChI is InChI=1S/C14H18INO3S/c1-10(9-20(2,18)19)16(13-7-8-13)14(17)11-3-5-12(15)6-4-11/h3-6,10,13H,7-9H2,1-2H3. The zero-order chi connectivity index (χ0) is 14.9. The molecule has 1 aromatic rings. The third kappa shape index (κ3) is 4.18. The van der Waals surface area contributed by atoms with Crippen LogP contribution in [0.4, 0.5) is 0 Å². The maximum Gasteiger partial charge on any atom is 0.254 e. The second-order valence-electron chi connectivity index (χ2n) is 5.39. The molecule has 1 fully saturated rings. The highest BCUT2D eigenvalue weighted by atomic mass is 127. The molecule has 0 bridgehead atoms. The number of sulfone groups is 1. The molecule has 1 aromatic carbocycles. The fraction of sp³-hybridized carbons (Fsp3) is 0.500. The van der Waals surface area contributed by atoms with E-state index in [1.165, 1.54) is 6.26 Å². The summed E-state index contributed by atoms with van der Waals surface area (Å²) < 4.78 is 24.0. The van der Waals surface area contributed by atoms with Gasteiger partial charge in [0, 0.05) is 27.5 Å². The molecule has 1 aliphatic rings. The Balaban J connectivity index is 2.20. The van der Waals surface area contributed by atoms with Gasteiger partial charge in [0.05, 0.1) is 5.75 Å². The fourth-order valence-corrected chi connectivity index (χ4v) is 3.74. The molecule has 1 aliphatic carbocycles. The minimum Gasteiger partial charge on any atom is -0.332 e. The molecule has 2 rings (SSSR count). The third-order valence-corrected chi connectivity index (χ3v) is 5.09. The second-order valence-corrected chi connectivity index (χ2v) is 8.82. The first-order valence-corrected chi connectivity index (χ1v) is 9.68. The average Bonchev–Trinajstić information content (AvgIpc) is 3.12. The first-order valence-electron chi connectivity index (χ1n) is 6.54. The van der Waals surface area contributed by atoms with Crippen LogP contribution in [0.3, 0.4) is 0 Å². The Morgan fingerprint density at radius 3 is 2.35 bits per heavy atom. The largest absolute Gasteiger partial charge is 0.332 e. The monoisotopic (exact) mass is 407 g/mol. The zero-order valence-electron chi connectivity index (χ0n) is 11.5. The first kappa shape index (κ1) is 15.8. The van der Waals surface area contributed by atoms with Crippen molar-refractivity contribution in [2.45, 2.75) is 31.8 Å². The minimum absolute atomic E-state index is 0.0135. The molecular formula is C14H18INO3S. The van der Waals surface area contributed by atoms with Gasteiger partial charge in [0.1, 0.15) is 9.84 Å². The molecule has 110 valence electrons. The molecule has 1 amide bonds. The van der Waals surface area contributed by atoms with E-state index in [-0.39, 0.29) is 23.7 Å². The second kappa shape index (κ2) is 6.01.